The number of amides is 1. The molecule has 1 saturated heterocycles. The van der Waals surface area contributed by atoms with Gasteiger partial charge in [-0.25, -0.2) is 4.98 Å². The van der Waals surface area contributed by atoms with Gasteiger partial charge in [0.05, 0.1) is 35.5 Å². The summed E-state index contributed by atoms with van der Waals surface area (Å²) in [6.45, 7) is 2.35. The van der Waals surface area contributed by atoms with Crippen LogP contribution in [-0.2, 0) is 9.59 Å². The Bertz CT molecular complexity index is 1510. The van der Waals surface area contributed by atoms with Crippen molar-refractivity contribution in [3.63, 3.8) is 0 Å². The van der Waals surface area contributed by atoms with Gasteiger partial charge in [-0.1, -0.05) is 23.5 Å². The Morgan fingerprint density at radius 2 is 1.81 bits per heavy atom. The molecule has 1 atom stereocenters. The maximum absolute atomic E-state index is 13.4. The van der Waals surface area contributed by atoms with E-state index in [2.05, 4.69) is 4.98 Å². The third kappa shape index (κ3) is 4.03. The lowest BCUT2D eigenvalue weighted by molar-refractivity contribution is -0.132. The maximum Gasteiger partial charge on any atom is 0.301 e. The van der Waals surface area contributed by atoms with Crippen molar-refractivity contribution in [1.82, 2.24) is 4.98 Å². The summed E-state index contributed by atoms with van der Waals surface area (Å²) in [6.07, 6.45) is 0. The summed E-state index contributed by atoms with van der Waals surface area (Å²) in [5.41, 5.74) is 1.36. The topological polar surface area (TPSA) is 109 Å². The number of anilines is 1. The minimum Gasteiger partial charge on any atom is -0.508 e. The molecule has 2 heterocycles. The van der Waals surface area contributed by atoms with Crippen molar-refractivity contribution < 1.29 is 29.3 Å². The number of ketones is 1. The molecule has 3 aromatic carbocycles. The summed E-state index contributed by atoms with van der Waals surface area (Å²) in [5, 5.41) is 21.7. The minimum absolute atomic E-state index is 0.0341. The van der Waals surface area contributed by atoms with E-state index in [1.54, 1.807) is 61.7 Å². The third-order valence-corrected chi connectivity index (χ3v) is 6.88. The second-order valence-electron chi connectivity index (χ2n) is 8.05. The van der Waals surface area contributed by atoms with Gasteiger partial charge in [-0.05, 0) is 67.1 Å². The van der Waals surface area contributed by atoms with Gasteiger partial charge >= 0.3 is 5.91 Å². The van der Waals surface area contributed by atoms with Crippen LogP contribution in [0, 0.1) is 0 Å². The quantitative estimate of drug-likeness (QED) is 0.216. The molecule has 1 unspecified atom stereocenters. The van der Waals surface area contributed by atoms with Crippen molar-refractivity contribution in [1.29, 1.82) is 0 Å². The van der Waals surface area contributed by atoms with Gasteiger partial charge in [0, 0.05) is 5.56 Å². The van der Waals surface area contributed by atoms with Gasteiger partial charge in [-0.3, -0.25) is 14.5 Å². The summed E-state index contributed by atoms with van der Waals surface area (Å²) in [5.74, 6) is -0.764. The number of nitrogens with zero attached hydrogens (tertiary/aromatic N) is 2. The molecular weight excluding hydrogens is 480 g/mol. The molecule has 2 N–H and O–H groups in total. The zero-order chi connectivity index (χ0) is 25.4. The van der Waals surface area contributed by atoms with Crippen LogP contribution in [0.3, 0.4) is 0 Å². The zero-order valence-corrected chi connectivity index (χ0v) is 20.3. The van der Waals surface area contributed by atoms with Gasteiger partial charge in [0.1, 0.15) is 23.0 Å². The number of aromatic hydroxyl groups is 1. The van der Waals surface area contributed by atoms with Crippen LogP contribution in [0.4, 0.5) is 5.13 Å². The molecule has 4 aromatic rings. The van der Waals surface area contributed by atoms with E-state index in [1.165, 1.54) is 28.4 Å². The Labute approximate surface area is 210 Å². The first-order valence-electron chi connectivity index (χ1n) is 11.2. The second kappa shape index (κ2) is 9.35. The molecular formula is C27H22N2O6S. The summed E-state index contributed by atoms with van der Waals surface area (Å²) >= 11 is 1.23. The van der Waals surface area contributed by atoms with Crippen LogP contribution in [0.15, 0.2) is 72.3 Å². The molecule has 1 amide bonds. The van der Waals surface area contributed by atoms with Crippen LogP contribution >= 0.6 is 11.3 Å². The highest BCUT2D eigenvalue weighted by atomic mass is 32.1. The van der Waals surface area contributed by atoms with E-state index in [4.69, 9.17) is 9.47 Å². The molecule has 182 valence electrons. The number of phenolic OH excluding ortho intramolecular Hbond substituents is 1. The number of fused-ring (bicyclic) bond motifs is 1. The predicted molar refractivity (Wildman–Crippen MR) is 137 cm³/mol. The number of phenols is 1. The summed E-state index contributed by atoms with van der Waals surface area (Å²) in [4.78, 5) is 32.5. The largest absolute Gasteiger partial charge is 0.508 e. The number of aliphatic hydroxyl groups excluding tert-OH is 1. The molecule has 36 heavy (non-hydrogen) atoms. The molecule has 1 aliphatic rings. The zero-order valence-electron chi connectivity index (χ0n) is 19.5. The minimum atomic E-state index is -0.994. The van der Waals surface area contributed by atoms with Crippen LogP contribution < -0.4 is 14.4 Å². The Hall–Kier alpha value is -4.37. The molecule has 1 fully saturated rings. The smallest absolute Gasteiger partial charge is 0.301 e. The first-order valence-corrected chi connectivity index (χ1v) is 12.0. The lowest BCUT2D eigenvalue weighted by atomic mass is 9.95. The lowest BCUT2D eigenvalue weighted by Gasteiger charge is -2.23. The highest BCUT2D eigenvalue weighted by Gasteiger charge is 2.48. The highest BCUT2D eigenvalue weighted by molar-refractivity contribution is 7.22. The van der Waals surface area contributed by atoms with Crippen LogP contribution in [0.1, 0.15) is 24.1 Å². The van der Waals surface area contributed by atoms with Crippen molar-refractivity contribution >= 4 is 44.1 Å². The fourth-order valence-electron chi connectivity index (χ4n) is 4.19. The molecule has 0 spiro atoms. The number of hydrogen-bond donors (Lipinski definition) is 2. The van der Waals surface area contributed by atoms with E-state index in [1.807, 2.05) is 6.92 Å². The molecule has 8 nitrogen and oxygen atoms in total. The SMILES string of the molecule is CCOc1ccc(C(O)=C2C(=O)C(=O)N(c3nc4ccc(OC)cc4s3)C2c2cccc(O)c2)cc1. The van der Waals surface area contributed by atoms with Gasteiger partial charge in [0.15, 0.2) is 5.13 Å². The number of carbonyl (C=O) groups excluding carboxylic acids is 2. The van der Waals surface area contributed by atoms with E-state index in [-0.39, 0.29) is 17.1 Å². The van der Waals surface area contributed by atoms with E-state index in [0.717, 1.165) is 4.70 Å². The number of rotatable bonds is 6. The summed E-state index contributed by atoms with van der Waals surface area (Å²) in [6, 6.07) is 17.2. The first-order chi connectivity index (χ1) is 17.4. The Balaban J connectivity index is 1.68. The van der Waals surface area contributed by atoms with Gasteiger partial charge in [0.25, 0.3) is 5.78 Å². The average molecular weight is 503 g/mol. The van der Waals surface area contributed by atoms with Crippen molar-refractivity contribution in [3.05, 3.63) is 83.4 Å². The number of aliphatic hydroxyl groups is 1. The normalized spacial score (nSPS) is 17.1. The second-order valence-corrected chi connectivity index (χ2v) is 9.06. The molecule has 0 saturated carbocycles. The molecule has 0 radical (unpaired) electrons. The number of methoxy groups -OCH3 is 1. The van der Waals surface area contributed by atoms with Gasteiger partial charge in [-0.2, -0.15) is 0 Å². The Morgan fingerprint density at radius 1 is 1.06 bits per heavy atom. The van der Waals surface area contributed by atoms with E-state index < -0.39 is 17.7 Å². The number of benzene rings is 3. The fraction of sp³-hybridized carbons (Fsp3) is 0.148. The number of carbonyl (C=O) groups is 2. The van der Waals surface area contributed by atoms with Crippen molar-refractivity contribution in [3.8, 4) is 17.2 Å². The van der Waals surface area contributed by atoms with Crippen molar-refractivity contribution in [2.24, 2.45) is 0 Å². The fourth-order valence-corrected chi connectivity index (χ4v) is 5.21. The van der Waals surface area contributed by atoms with Crippen molar-refractivity contribution in [2.45, 2.75) is 13.0 Å². The highest BCUT2D eigenvalue weighted by Crippen LogP contribution is 2.45. The van der Waals surface area contributed by atoms with Crippen LogP contribution in [0.25, 0.3) is 16.0 Å². The number of thiazole rings is 1. The van der Waals surface area contributed by atoms with E-state index in [9.17, 15) is 19.8 Å². The summed E-state index contributed by atoms with van der Waals surface area (Å²) < 4.78 is 11.5. The average Bonchev–Trinajstić information content (AvgIpc) is 3.42. The van der Waals surface area contributed by atoms with E-state index in [0.29, 0.717) is 39.9 Å². The number of aromatic nitrogens is 1. The summed E-state index contributed by atoms with van der Waals surface area (Å²) in [7, 11) is 1.56. The maximum atomic E-state index is 13.4. The molecule has 9 heteroatoms. The number of Topliss-reactive ketones (excluding diaryl/α,β-unsaturated/α-hetero) is 1. The molecule has 1 aliphatic heterocycles. The van der Waals surface area contributed by atoms with Gasteiger partial charge < -0.3 is 19.7 Å². The monoisotopic (exact) mass is 502 g/mol. The standard InChI is InChI=1S/C27H22N2O6S/c1-3-35-18-9-7-15(8-10-18)24(31)22-23(16-5-4-6-17(30)13-16)29(26(33)25(22)32)27-28-20-12-11-19(34-2)14-21(20)36-27/h4-14,23,30-31H,3H2,1-2H3. The first kappa shape index (κ1) is 23.4. The molecule has 1 aromatic heterocycles. The van der Waals surface area contributed by atoms with Crippen LogP contribution in [-0.4, -0.2) is 40.6 Å². The third-order valence-electron chi connectivity index (χ3n) is 5.86. The number of hydrogen-bond acceptors (Lipinski definition) is 8. The molecule has 0 bridgehead atoms. The van der Waals surface area contributed by atoms with Crippen LogP contribution in [0.2, 0.25) is 0 Å². The molecule has 5 rings (SSSR count). The van der Waals surface area contributed by atoms with Gasteiger partial charge in [0.2, 0.25) is 0 Å². The number of ether oxygens (including phenoxy) is 2. The van der Waals surface area contributed by atoms with Gasteiger partial charge in [-0.15, -0.1) is 0 Å². The van der Waals surface area contributed by atoms with Crippen molar-refractivity contribution in [2.75, 3.05) is 18.6 Å². The predicted octanol–water partition coefficient (Wildman–Crippen LogP) is 5.04. The van der Waals surface area contributed by atoms with E-state index >= 15 is 0 Å². The molecule has 0 aliphatic carbocycles. The Morgan fingerprint density at radius 3 is 2.50 bits per heavy atom. The Kier molecular flexibility index (Phi) is 6.07. The van der Waals surface area contributed by atoms with Crippen LogP contribution in [0.5, 0.6) is 17.2 Å². The lowest BCUT2D eigenvalue weighted by Crippen LogP contribution is -2.29.